The number of fused-ring (bicyclic) bond motifs is 1. The molecule has 1 aromatic carbocycles. The van der Waals surface area contributed by atoms with Crippen LogP contribution in [-0.4, -0.2) is 17.4 Å². The Morgan fingerprint density at radius 2 is 2.33 bits per heavy atom. The number of rotatable bonds is 3. The Balaban J connectivity index is 1.84. The summed E-state index contributed by atoms with van der Waals surface area (Å²) in [6.45, 7) is 2.20. The van der Waals surface area contributed by atoms with Gasteiger partial charge in [0.05, 0.1) is 5.41 Å². The number of carbonyl (C=O) groups excluding carboxylic acids is 1. The average Bonchev–Trinajstić information content (AvgIpc) is 3.06. The minimum Gasteiger partial charge on any atom is -0.441 e. The van der Waals surface area contributed by atoms with E-state index >= 15 is 0 Å². The van der Waals surface area contributed by atoms with Gasteiger partial charge in [-0.1, -0.05) is 0 Å². The van der Waals surface area contributed by atoms with Crippen molar-refractivity contribution in [1.29, 1.82) is 0 Å². The fourth-order valence-corrected chi connectivity index (χ4v) is 2.06. The molecule has 2 aromatic rings. The number of hydrogen-bond donors (Lipinski definition) is 2. The molecule has 1 aliphatic rings. The molecule has 1 aromatic heterocycles. The van der Waals surface area contributed by atoms with Crippen LogP contribution in [0.5, 0.6) is 0 Å². The Hall–Kier alpha value is -1.88. The third-order valence-electron chi connectivity index (χ3n) is 3.48. The number of anilines is 1. The highest BCUT2D eigenvalue weighted by molar-refractivity contribution is 5.98. The maximum absolute atomic E-state index is 12.0. The van der Waals surface area contributed by atoms with Gasteiger partial charge in [0.15, 0.2) is 11.5 Å². The number of aromatic nitrogens is 1. The van der Waals surface area contributed by atoms with Gasteiger partial charge in [-0.2, -0.15) is 0 Å². The molecule has 1 heterocycles. The molecule has 0 radical (unpaired) electrons. The maximum atomic E-state index is 12.0. The number of carbonyl (C=O) groups is 1. The SMILES string of the molecule is Cc1nc2cc(NC(=O)C3(CN)CC3)ccc2o1. The Kier molecular flexibility index (Phi) is 2.38. The van der Waals surface area contributed by atoms with Crippen LogP contribution >= 0.6 is 0 Å². The number of oxazole rings is 1. The average molecular weight is 245 g/mol. The predicted molar refractivity (Wildman–Crippen MR) is 68.1 cm³/mol. The number of nitrogens with one attached hydrogen (secondary N) is 1. The van der Waals surface area contributed by atoms with E-state index in [0.29, 0.717) is 12.4 Å². The summed E-state index contributed by atoms with van der Waals surface area (Å²) in [5.74, 6) is 0.624. The highest BCUT2D eigenvalue weighted by Gasteiger charge is 2.48. The molecular weight excluding hydrogens is 230 g/mol. The van der Waals surface area contributed by atoms with Crippen molar-refractivity contribution in [2.24, 2.45) is 11.1 Å². The van der Waals surface area contributed by atoms with E-state index in [0.717, 1.165) is 29.6 Å². The highest BCUT2D eigenvalue weighted by atomic mass is 16.3. The molecule has 94 valence electrons. The van der Waals surface area contributed by atoms with Crippen LogP contribution in [0, 0.1) is 12.3 Å². The van der Waals surface area contributed by atoms with E-state index in [2.05, 4.69) is 10.3 Å². The molecule has 1 aliphatic carbocycles. The van der Waals surface area contributed by atoms with Crippen molar-refractivity contribution < 1.29 is 9.21 Å². The summed E-state index contributed by atoms with van der Waals surface area (Å²) in [6, 6.07) is 5.45. The van der Waals surface area contributed by atoms with E-state index in [1.807, 2.05) is 18.2 Å². The van der Waals surface area contributed by atoms with E-state index in [1.54, 1.807) is 6.92 Å². The van der Waals surface area contributed by atoms with Gasteiger partial charge < -0.3 is 15.5 Å². The van der Waals surface area contributed by atoms with Gasteiger partial charge in [-0.15, -0.1) is 0 Å². The number of amides is 1. The monoisotopic (exact) mass is 245 g/mol. The van der Waals surface area contributed by atoms with E-state index in [9.17, 15) is 4.79 Å². The van der Waals surface area contributed by atoms with Gasteiger partial charge in [0.2, 0.25) is 5.91 Å². The minimum atomic E-state index is -0.339. The van der Waals surface area contributed by atoms with Crippen molar-refractivity contribution in [2.75, 3.05) is 11.9 Å². The quantitative estimate of drug-likeness (QED) is 0.864. The van der Waals surface area contributed by atoms with E-state index in [4.69, 9.17) is 10.2 Å². The van der Waals surface area contributed by atoms with Crippen LogP contribution in [0.4, 0.5) is 5.69 Å². The van der Waals surface area contributed by atoms with E-state index < -0.39 is 0 Å². The second-order valence-electron chi connectivity index (χ2n) is 4.85. The summed E-state index contributed by atoms with van der Waals surface area (Å²) >= 11 is 0. The van der Waals surface area contributed by atoms with Crippen LogP contribution in [0.1, 0.15) is 18.7 Å². The fraction of sp³-hybridized carbons (Fsp3) is 0.385. The first-order valence-corrected chi connectivity index (χ1v) is 6.02. The van der Waals surface area contributed by atoms with Crippen LogP contribution in [0.2, 0.25) is 0 Å². The standard InChI is InChI=1S/C13H15N3O2/c1-8-15-10-6-9(2-3-11(10)18-8)16-12(17)13(7-14)4-5-13/h2-3,6H,4-5,7,14H2,1H3,(H,16,17). The summed E-state index contributed by atoms with van der Waals surface area (Å²) in [5.41, 5.74) is 7.51. The first-order valence-electron chi connectivity index (χ1n) is 6.02. The summed E-state index contributed by atoms with van der Waals surface area (Å²) in [4.78, 5) is 16.3. The van der Waals surface area contributed by atoms with E-state index in [1.165, 1.54) is 0 Å². The molecule has 0 atom stereocenters. The minimum absolute atomic E-state index is 0.00423. The van der Waals surface area contributed by atoms with E-state index in [-0.39, 0.29) is 11.3 Å². The Labute approximate surface area is 104 Å². The highest BCUT2D eigenvalue weighted by Crippen LogP contribution is 2.45. The lowest BCUT2D eigenvalue weighted by molar-refractivity contribution is -0.120. The summed E-state index contributed by atoms with van der Waals surface area (Å²) in [5, 5.41) is 2.90. The number of benzene rings is 1. The lowest BCUT2D eigenvalue weighted by Crippen LogP contribution is -2.30. The maximum Gasteiger partial charge on any atom is 0.231 e. The van der Waals surface area contributed by atoms with Crippen molar-refractivity contribution in [3.05, 3.63) is 24.1 Å². The molecule has 1 amide bonds. The molecule has 5 nitrogen and oxygen atoms in total. The number of nitrogens with zero attached hydrogens (tertiary/aromatic N) is 1. The van der Waals surface area contributed by atoms with Gasteiger partial charge in [-0.3, -0.25) is 4.79 Å². The molecule has 0 aliphatic heterocycles. The number of nitrogens with two attached hydrogens (primary N) is 1. The van der Waals surface area contributed by atoms with Crippen LogP contribution in [0.25, 0.3) is 11.1 Å². The third kappa shape index (κ3) is 1.76. The zero-order valence-electron chi connectivity index (χ0n) is 10.2. The van der Waals surface area contributed by atoms with Crippen molar-refractivity contribution in [3.8, 4) is 0 Å². The molecule has 3 rings (SSSR count). The van der Waals surface area contributed by atoms with Gasteiger partial charge in [-0.25, -0.2) is 4.98 Å². The zero-order chi connectivity index (χ0) is 12.8. The van der Waals surface area contributed by atoms with Gasteiger partial charge in [0.25, 0.3) is 0 Å². The summed E-state index contributed by atoms with van der Waals surface area (Å²) < 4.78 is 5.38. The Morgan fingerprint density at radius 1 is 1.56 bits per heavy atom. The second kappa shape index (κ2) is 3.81. The largest absolute Gasteiger partial charge is 0.441 e. The molecule has 0 bridgehead atoms. The van der Waals surface area contributed by atoms with Crippen molar-refractivity contribution >= 4 is 22.7 Å². The lowest BCUT2D eigenvalue weighted by Gasteiger charge is -2.12. The van der Waals surface area contributed by atoms with Crippen molar-refractivity contribution in [1.82, 2.24) is 4.98 Å². The lowest BCUT2D eigenvalue weighted by atomic mass is 10.1. The molecule has 1 saturated carbocycles. The third-order valence-corrected chi connectivity index (χ3v) is 3.48. The van der Waals surface area contributed by atoms with Crippen molar-refractivity contribution in [2.45, 2.75) is 19.8 Å². The first kappa shape index (κ1) is 11.2. The number of aryl methyl sites for hydroxylation is 1. The Morgan fingerprint density at radius 3 is 3.00 bits per heavy atom. The molecule has 0 saturated heterocycles. The van der Waals surface area contributed by atoms with Crippen molar-refractivity contribution in [3.63, 3.8) is 0 Å². The topological polar surface area (TPSA) is 81.2 Å². The van der Waals surface area contributed by atoms with Gasteiger partial charge in [-0.05, 0) is 31.0 Å². The smallest absolute Gasteiger partial charge is 0.231 e. The molecule has 5 heteroatoms. The van der Waals surface area contributed by atoms with Gasteiger partial charge >= 0.3 is 0 Å². The Bertz CT molecular complexity index is 614. The number of hydrogen-bond acceptors (Lipinski definition) is 4. The van der Waals surface area contributed by atoms with Crippen LogP contribution in [0.15, 0.2) is 22.6 Å². The zero-order valence-corrected chi connectivity index (χ0v) is 10.2. The predicted octanol–water partition coefficient (Wildman–Crippen LogP) is 1.81. The van der Waals surface area contributed by atoms with Crippen LogP contribution in [-0.2, 0) is 4.79 Å². The molecule has 3 N–H and O–H groups in total. The second-order valence-corrected chi connectivity index (χ2v) is 4.85. The van der Waals surface area contributed by atoms with Crippen LogP contribution in [0.3, 0.4) is 0 Å². The molecular formula is C13H15N3O2. The molecule has 18 heavy (non-hydrogen) atoms. The summed E-state index contributed by atoms with van der Waals surface area (Å²) in [7, 11) is 0. The van der Waals surface area contributed by atoms with Gasteiger partial charge in [0.1, 0.15) is 5.52 Å². The molecule has 1 fully saturated rings. The molecule has 0 spiro atoms. The summed E-state index contributed by atoms with van der Waals surface area (Å²) in [6.07, 6.45) is 1.75. The van der Waals surface area contributed by atoms with Gasteiger partial charge in [0, 0.05) is 19.2 Å². The van der Waals surface area contributed by atoms with Crippen LogP contribution < -0.4 is 11.1 Å². The first-order chi connectivity index (χ1) is 8.63. The fourth-order valence-electron chi connectivity index (χ4n) is 2.06. The molecule has 0 unspecified atom stereocenters. The normalized spacial score (nSPS) is 16.8.